The van der Waals surface area contributed by atoms with Gasteiger partial charge in [0, 0.05) is 11.6 Å². The van der Waals surface area contributed by atoms with E-state index in [4.69, 9.17) is 0 Å². The summed E-state index contributed by atoms with van der Waals surface area (Å²) < 4.78 is 39.8. The quantitative estimate of drug-likeness (QED) is 0.821. The van der Waals surface area contributed by atoms with E-state index in [1.54, 1.807) is 0 Å². The molecule has 1 amide bonds. The van der Waals surface area contributed by atoms with Gasteiger partial charge in [-0.05, 0) is 55.2 Å². The molecule has 1 unspecified atom stereocenters. The summed E-state index contributed by atoms with van der Waals surface area (Å²) in [7, 11) is 0. The summed E-state index contributed by atoms with van der Waals surface area (Å²) in [4.78, 5) is 25.3. The zero-order valence-electron chi connectivity index (χ0n) is 13.9. The molecule has 0 radical (unpaired) electrons. The molecule has 1 N–H and O–H groups in total. The Balaban J connectivity index is 1.87. The number of hydrogen-bond acceptors (Lipinski definition) is 2. The number of halogens is 3. The minimum Gasteiger partial charge on any atom is -0.480 e. The van der Waals surface area contributed by atoms with Crippen molar-refractivity contribution in [2.45, 2.75) is 31.8 Å². The third kappa shape index (κ3) is 3.42. The second-order valence-electron chi connectivity index (χ2n) is 6.29. The topological polar surface area (TPSA) is 57.6 Å². The number of carboxylic acids is 1. The van der Waals surface area contributed by atoms with Crippen molar-refractivity contribution >= 4 is 11.9 Å². The third-order valence-electron chi connectivity index (χ3n) is 4.40. The van der Waals surface area contributed by atoms with Crippen LogP contribution in [0, 0.1) is 17.5 Å². The standard InChI is InChI=1S/C19H16F3NO3/c1-10(19(25)26)23(14-6-7-14)18(24)12-4-2-11(3-5-12)13-8-15(20)17(22)16(21)9-13/h2-5,8-10,14H,6-7H2,1H3,(H,25,26). The molecule has 2 aromatic carbocycles. The van der Waals surface area contributed by atoms with Crippen LogP contribution in [0.5, 0.6) is 0 Å². The number of carbonyl (C=O) groups excluding carboxylic acids is 1. The fourth-order valence-electron chi connectivity index (χ4n) is 2.81. The van der Waals surface area contributed by atoms with Crippen LogP contribution < -0.4 is 0 Å². The van der Waals surface area contributed by atoms with Gasteiger partial charge in [0.1, 0.15) is 6.04 Å². The Morgan fingerprint density at radius 3 is 2.04 bits per heavy atom. The molecule has 1 atom stereocenters. The molecule has 7 heteroatoms. The van der Waals surface area contributed by atoms with Crippen molar-refractivity contribution in [3.63, 3.8) is 0 Å². The summed E-state index contributed by atoms with van der Waals surface area (Å²) in [6.07, 6.45) is 1.52. The smallest absolute Gasteiger partial charge is 0.326 e. The third-order valence-corrected chi connectivity index (χ3v) is 4.40. The number of aliphatic carboxylic acids is 1. The number of nitrogens with zero attached hydrogens (tertiary/aromatic N) is 1. The molecule has 0 aliphatic heterocycles. The lowest BCUT2D eigenvalue weighted by Gasteiger charge is -2.26. The number of amides is 1. The Bertz CT molecular complexity index is 840. The van der Waals surface area contributed by atoms with Crippen LogP contribution in [0.25, 0.3) is 11.1 Å². The molecule has 0 bridgehead atoms. The van der Waals surface area contributed by atoms with Gasteiger partial charge in [-0.25, -0.2) is 18.0 Å². The van der Waals surface area contributed by atoms with Gasteiger partial charge in [0.15, 0.2) is 17.5 Å². The molecule has 0 spiro atoms. The van der Waals surface area contributed by atoms with Crippen LogP contribution in [0.1, 0.15) is 30.1 Å². The lowest BCUT2D eigenvalue weighted by molar-refractivity contribution is -0.141. The average molecular weight is 363 g/mol. The van der Waals surface area contributed by atoms with Gasteiger partial charge in [-0.1, -0.05) is 12.1 Å². The van der Waals surface area contributed by atoms with Crippen LogP contribution >= 0.6 is 0 Å². The van der Waals surface area contributed by atoms with Crippen molar-refractivity contribution in [1.29, 1.82) is 0 Å². The van der Waals surface area contributed by atoms with E-state index in [2.05, 4.69) is 0 Å². The van der Waals surface area contributed by atoms with Crippen LogP contribution in [0.15, 0.2) is 36.4 Å². The summed E-state index contributed by atoms with van der Waals surface area (Å²) in [5.41, 5.74) is 0.818. The van der Waals surface area contributed by atoms with E-state index in [1.165, 1.54) is 36.1 Å². The van der Waals surface area contributed by atoms with Crippen molar-refractivity contribution in [3.8, 4) is 11.1 Å². The van der Waals surface area contributed by atoms with Crippen molar-refractivity contribution < 1.29 is 27.9 Å². The molecule has 1 saturated carbocycles. The van der Waals surface area contributed by atoms with Crippen molar-refractivity contribution in [1.82, 2.24) is 4.90 Å². The van der Waals surface area contributed by atoms with Gasteiger partial charge >= 0.3 is 5.97 Å². The normalized spacial score (nSPS) is 14.8. The molecule has 1 aliphatic rings. The highest BCUT2D eigenvalue weighted by Gasteiger charge is 2.38. The molecule has 2 aromatic rings. The predicted molar refractivity (Wildman–Crippen MR) is 88.0 cm³/mol. The zero-order valence-corrected chi connectivity index (χ0v) is 13.9. The summed E-state index contributed by atoms with van der Waals surface area (Å²) in [5.74, 6) is -5.63. The highest BCUT2D eigenvalue weighted by Crippen LogP contribution is 2.31. The maximum atomic E-state index is 13.4. The Kier molecular flexibility index (Phi) is 4.71. The molecule has 26 heavy (non-hydrogen) atoms. The number of carbonyl (C=O) groups is 2. The Hall–Kier alpha value is -2.83. The number of hydrogen-bond donors (Lipinski definition) is 1. The Morgan fingerprint density at radius 1 is 1.04 bits per heavy atom. The monoisotopic (exact) mass is 363 g/mol. The van der Waals surface area contributed by atoms with Crippen LogP contribution in [-0.4, -0.2) is 34.0 Å². The molecule has 136 valence electrons. The molecule has 3 rings (SSSR count). The maximum absolute atomic E-state index is 13.4. The first kappa shape index (κ1) is 18.0. The Morgan fingerprint density at radius 2 is 1.58 bits per heavy atom. The van der Waals surface area contributed by atoms with Gasteiger partial charge < -0.3 is 10.0 Å². The SMILES string of the molecule is CC(C(=O)O)N(C(=O)c1ccc(-c2cc(F)c(F)c(F)c2)cc1)C1CC1. The summed E-state index contributed by atoms with van der Waals surface area (Å²) >= 11 is 0. The number of benzene rings is 2. The van der Waals surface area contributed by atoms with Crippen LogP contribution in [0.2, 0.25) is 0 Å². The molecule has 1 aliphatic carbocycles. The number of rotatable bonds is 5. The molecular weight excluding hydrogens is 347 g/mol. The van der Waals surface area contributed by atoms with E-state index in [-0.39, 0.29) is 17.2 Å². The van der Waals surface area contributed by atoms with Crippen molar-refractivity contribution in [2.75, 3.05) is 0 Å². The van der Waals surface area contributed by atoms with E-state index in [1.807, 2.05) is 0 Å². The summed E-state index contributed by atoms with van der Waals surface area (Å²) in [5, 5.41) is 9.20. The van der Waals surface area contributed by atoms with Gasteiger partial charge in [0.2, 0.25) is 0 Å². The maximum Gasteiger partial charge on any atom is 0.326 e. The van der Waals surface area contributed by atoms with E-state index >= 15 is 0 Å². The lowest BCUT2D eigenvalue weighted by Crippen LogP contribution is -2.44. The largest absolute Gasteiger partial charge is 0.480 e. The molecule has 1 fully saturated rings. The van der Waals surface area contributed by atoms with Crippen LogP contribution in [-0.2, 0) is 4.79 Å². The number of carboxylic acid groups (broad SMARTS) is 1. The molecule has 0 aromatic heterocycles. The second kappa shape index (κ2) is 6.82. The predicted octanol–water partition coefficient (Wildman–Crippen LogP) is 3.85. The van der Waals surface area contributed by atoms with Crippen LogP contribution in [0.3, 0.4) is 0 Å². The van der Waals surface area contributed by atoms with Gasteiger partial charge in [-0.15, -0.1) is 0 Å². The van der Waals surface area contributed by atoms with Crippen molar-refractivity contribution in [3.05, 3.63) is 59.4 Å². The first-order valence-electron chi connectivity index (χ1n) is 8.10. The molecule has 0 saturated heterocycles. The summed E-state index contributed by atoms with van der Waals surface area (Å²) in [6.45, 7) is 1.46. The fourth-order valence-corrected chi connectivity index (χ4v) is 2.81. The van der Waals surface area contributed by atoms with Gasteiger partial charge in [-0.2, -0.15) is 0 Å². The first-order valence-corrected chi connectivity index (χ1v) is 8.10. The van der Waals surface area contributed by atoms with E-state index in [0.717, 1.165) is 25.0 Å². The fraction of sp³-hybridized carbons (Fsp3) is 0.263. The van der Waals surface area contributed by atoms with Gasteiger partial charge in [-0.3, -0.25) is 4.79 Å². The minimum atomic E-state index is -1.54. The summed E-state index contributed by atoms with van der Waals surface area (Å²) in [6, 6.07) is 6.59. The van der Waals surface area contributed by atoms with Gasteiger partial charge in [0.25, 0.3) is 5.91 Å². The highest BCUT2D eigenvalue weighted by atomic mass is 19.2. The first-order chi connectivity index (χ1) is 12.3. The second-order valence-corrected chi connectivity index (χ2v) is 6.29. The Labute approximate surface area is 147 Å². The van der Waals surface area contributed by atoms with Crippen molar-refractivity contribution in [2.24, 2.45) is 0 Å². The van der Waals surface area contributed by atoms with Gasteiger partial charge in [0.05, 0.1) is 0 Å². The van der Waals surface area contributed by atoms with E-state index in [9.17, 15) is 27.9 Å². The molecule has 0 heterocycles. The van der Waals surface area contributed by atoms with Crippen LogP contribution in [0.4, 0.5) is 13.2 Å². The lowest BCUT2D eigenvalue weighted by atomic mass is 10.0. The van der Waals surface area contributed by atoms with E-state index < -0.39 is 35.4 Å². The zero-order chi connectivity index (χ0) is 19.0. The molecule has 4 nitrogen and oxygen atoms in total. The average Bonchev–Trinajstić information content (AvgIpc) is 3.44. The molecular formula is C19H16F3NO3. The van der Waals surface area contributed by atoms with E-state index in [0.29, 0.717) is 5.56 Å². The minimum absolute atomic E-state index is 0.0893. The highest BCUT2D eigenvalue weighted by molar-refractivity contribution is 5.97.